The lowest BCUT2D eigenvalue weighted by atomic mass is 10.00. The number of nitrogens with zero attached hydrogens (tertiary/aromatic N) is 1. The molecule has 0 saturated carbocycles. The monoisotopic (exact) mass is 394 g/mol. The molecule has 0 aromatic heterocycles. The molecule has 0 bridgehead atoms. The van der Waals surface area contributed by atoms with Gasteiger partial charge in [0.25, 0.3) is 0 Å². The summed E-state index contributed by atoms with van der Waals surface area (Å²) >= 11 is 0. The number of anilines is 1. The highest BCUT2D eigenvalue weighted by molar-refractivity contribution is 6.01. The van der Waals surface area contributed by atoms with Crippen LogP contribution in [-0.4, -0.2) is 38.1 Å². The third kappa shape index (κ3) is 6.09. The fourth-order valence-electron chi connectivity index (χ4n) is 3.69. The number of benzene rings is 2. The van der Waals surface area contributed by atoms with Crippen molar-refractivity contribution in [2.45, 2.75) is 26.3 Å². The molecule has 1 heterocycles. The normalized spacial score (nSPS) is 17.3. The molecule has 154 valence electrons. The second kappa shape index (κ2) is 10.1. The predicted octanol–water partition coefficient (Wildman–Crippen LogP) is 4.59. The zero-order valence-corrected chi connectivity index (χ0v) is 17.5. The van der Waals surface area contributed by atoms with Crippen LogP contribution in [0.5, 0.6) is 11.5 Å². The van der Waals surface area contributed by atoms with Crippen LogP contribution in [0.25, 0.3) is 6.08 Å². The Morgan fingerprint density at radius 2 is 1.90 bits per heavy atom. The highest BCUT2D eigenvalue weighted by Crippen LogP contribution is 2.28. The molecule has 1 aliphatic heterocycles. The van der Waals surface area contributed by atoms with Gasteiger partial charge >= 0.3 is 0 Å². The summed E-state index contributed by atoms with van der Waals surface area (Å²) in [4.78, 5) is 14.7. The maximum Gasteiger partial charge on any atom is 0.248 e. The number of rotatable bonds is 7. The maximum absolute atomic E-state index is 12.2. The van der Waals surface area contributed by atoms with Crippen LogP contribution in [-0.2, 0) is 11.3 Å². The SMILES string of the molecule is COc1ccc(/C=C/C(=O)Nc2ccc(CN3CCCC(C)C3)cc2)cc1OC. The van der Waals surface area contributed by atoms with E-state index in [0.717, 1.165) is 23.7 Å². The topological polar surface area (TPSA) is 50.8 Å². The molecule has 5 nitrogen and oxygen atoms in total. The Kier molecular flexibility index (Phi) is 7.30. The van der Waals surface area contributed by atoms with Gasteiger partial charge in [-0.05, 0) is 66.8 Å². The summed E-state index contributed by atoms with van der Waals surface area (Å²) in [7, 11) is 3.19. The Labute approximate surface area is 173 Å². The molecule has 1 amide bonds. The summed E-state index contributed by atoms with van der Waals surface area (Å²) in [6.07, 6.45) is 5.88. The number of hydrogen-bond acceptors (Lipinski definition) is 4. The van der Waals surface area contributed by atoms with Gasteiger partial charge in [-0.1, -0.05) is 25.1 Å². The van der Waals surface area contributed by atoms with Gasteiger partial charge in [0.1, 0.15) is 0 Å². The second-order valence-electron chi connectivity index (χ2n) is 7.62. The van der Waals surface area contributed by atoms with E-state index in [1.165, 1.54) is 37.6 Å². The van der Waals surface area contributed by atoms with E-state index in [4.69, 9.17) is 9.47 Å². The minimum Gasteiger partial charge on any atom is -0.493 e. The summed E-state index contributed by atoms with van der Waals surface area (Å²) in [6.45, 7) is 5.63. The molecule has 1 atom stereocenters. The molecule has 1 unspecified atom stereocenters. The quantitative estimate of drug-likeness (QED) is 0.698. The van der Waals surface area contributed by atoms with Crippen molar-refractivity contribution in [2.75, 3.05) is 32.6 Å². The standard InChI is InChI=1S/C24H30N2O3/c1-18-5-4-14-26(16-18)17-20-6-10-21(11-7-20)25-24(27)13-9-19-8-12-22(28-2)23(15-19)29-3/h6-13,15,18H,4-5,14,16-17H2,1-3H3,(H,25,27)/b13-9+. The fourth-order valence-corrected chi connectivity index (χ4v) is 3.69. The van der Waals surface area contributed by atoms with E-state index in [1.54, 1.807) is 20.3 Å². The van der Waals surface area contributed by atoms with Crippen molar-refractivity contribution in [3.63, 3.8) is 0 Å². The Morgan fingerprint density at radius 1 is 1.14 bits per heavy atom. The zero-order chi connectivity index (χ0) is 20.6. The van der Waals surface area contributed by atoms with Gasteiger partial charge in [-0.15, -0.1) is 0 Å². The summed E-state index contributed by atoms with van der Waals surface area (Å²) in [5, 5.41) is 2.91. The van der Waals surface area contributed by atoms with Crippen LogP contribution in [0.2, 0.25) is 0 Å². The van der Waals surface area contributed by atoms with Crippen LogP contribution in [0.3, 0.4) is 0 Å². The van der Waals surface area contributed by atoms with Crippen LogP contribution in [0.1, 0.15) is 30.9 Å². The van der Waals surface area contributed by atoms with Gasteiger partial charge in [0.15, 0.2) is 11.5 Å². The molecule has 5 heteroatoms. The van der Waals surface area contributed by atoms with E-state index in [0.29, 0.717) is 11.5 Å². The zero-order valence-electron chi connectivity index (χ0n) is 17.5. The van der Waals surface area contributed by atoms with Crippen LogP contribution < -0.4 is 14.8 Å². The Balaban J connectivity index is 1.54. The summed E-state index contributed by atoms with van der Waals surface area (Å²) in [5.41, 5.74) is 2.93. The average Bonchev–Trinajstić information content (AvgIpc) is 2.73. The first-order chi connectivity index (χ1) is 14.1. The van der Waals surface area contributed by atoms with Gasteiger partial charge in [0.2, 0.25) is 5.91 Å². The number of methoxy groups -OCH3 is 2. The van der Waals surface area contributed by atoms with Crippen molar-refractivity contribution in [3.05, 3.63) is 59.7 Å². The maximum atomic E-state index is 12.2. The first-order valence-corrected chi connectivity index (χ1v) is 10.1. The van der Waals surface area contributed by atoms with E-state index in [-0.39, 0.29) is 5.91 Å². The third-order valence-corrected chi connectivity index (χ3v) is 5.20. The molecule has 0 radical (unpaired) electrons. The number of carbonyl (C=O) groups is 1. The van der Waals surface area contributed by atoms with Crippen LogP contribution in [0.15, 0.2) is 48.5 Å². The Morgan fingerprint density at radius 3 is 2.59 bits per heavy atom. The van der Waals surface area contributed by atoms with E-state index in [1.807, 2.05) is 30.3 Å². The molecule has 1 fully saturated rings. The molecule has 0 spiro atoms. The number of likely N-dealkylation sites (tertiary alicyclic amines) is 1. The van der Waals surface area contributed by atoms with Crippen LogP contribution >= 0.6 is 0 Å². The van der Waals surface area contributed by atoms with E-state index in [9.17, 15) is 4.79 Å². The molecule has 1 aliphatic rings. The van der Waals surface area contributed by atoms with Crippen molar-refractivity contribution in [1.29, 1.82) is 0 Å². The summed E-state index contributed by atoms with van der Waals surface area (Å²) in [6, 6.07) is 13.6. The number of carbonyl (C=O) groups excluding carboxylic acids is 1. The molecule has 29 heavy (non-hydrogen) atoms. The van der Waals surface area contributed by atoms with Crippen molar-refractivity contribution >= 4 is 17.7 Å². The van der Waals surface area contributed by atoms with Gasteiger partial charge in [0, 0.05) is 24.9 Å². The minimum absolute atomic E-state index is 0.169. The first-order valence-electron chi connectivity index (χ1n) is 10.1. The van der Waals surface area contributed by atoms with Gasteiger partial charge in [-0.3, -0.25) is 9.69 Å². The highest BCUT2D eigenvalue weighted by atomic mass is 16.5. The molecule has 1 N–H and O–H groups in total. The number of piperidine rings is 1. The summed E-state index contributed by atoms with van der Waals surface area (Å²) < 4.78 is 10.5. The van der Waals surface area contributed by atoms with Crippen molar-refractivity contribution in [3.8, 4) is 11.5 Å². The molecule has 3 rings (SSSR count). The number of hydrogen-bond donors (Lipinski definition) is 1. The van der Waals surface area contributed by atoms with E-state index >= 15 is 0 Å². The molecule has 2 aromatic carbocycles. The lowest BCUT2D eigenvalue weighted by Gasteiger charge is -2.30. The Hall–Kier alpha value is -2.79. The fraction of sp³-hybridized carbons (Fsp3) is 0.375. The number of amides is 1. The third-order valence-electron chi connectivity index (χ3n) is 5.20. The summed E-state index contributed by atoms with van der Waals surface area (Å²) in [5.74, 6) is 1.90. The highest BCUT2D eigenvalue weighted by Gasteiger charge is 2.16. The van der Waals surface area contributed by atoms with Gasteiger partial charge in [-0.2, -0.15) is 0 Å². The second-order valence-corrected chi connectivity index (χ2v) is 7.62. The van der Waals surface area contributed by atoms with E-state index in [2.05, 4.69) is 29.3 Å². The largest absolute Gasteiger partial charge is 0.493 e. The molecular weight excluding hydrogens is 364 g/mol. The minimum atomic E-state index is -0.169. The first kappa shape index (κ1) is 20.9. The van der Waals surface area contributed by atoms with Crippen LogP contribution in [0.4, 0.5) is 5.69 Å². The van der Waals surface area contributed by atoms with Crippen molar-refractivity contribution in [2.24, 2.45) is 5.92 Å². The number of nitrogens with one attached hydrogen (secondary N) is 1. The van der Waals surface area contributed by atoms with Crippen molar-refractivity contribution in [1.82, 2.24) is 4.90 Å². The molecule has 1 saturated heterocycles. The van der Waals surface area contributed by atoms with Gasteiger partial charge < -0.3 is 14.8 Å². The van der Waals surface area contributed by atoms with E-state index < -0.39 is 0 Å². The Bertz CT molecular complexity index is 846. The van der Waals surface area contributed by atoms with Crippen molar-refractivity contribution < 1.29 is 14.3 Å². The van der Waals surface area contributed by atoms with Crippen LogP contribution in [0, 0.1) is 5.92 Å². The van der Waals surface area contributed by atoms with Gasteiger partial charge in [-0.25, -0.2) is 0 Å². The smallest absolute Gasteiger partial charge is 0.248 e. The molecule has 2 aromatic rings. The predicted molar refractivity (Wildman–Crippen MR) is 117 cm³/mol. The average molecular weight is 395 g/mol. The number of ether oxygens (including phenoxy) is 2. The lowest BCUT2D eigenvalue weighted by molar-refractivity contribution is -0.111. The lowest BCUT2D eigenvalue weighted by Crippen LogP contribution is -2.33. The van der Waals surface area contributed by atoms with Gasteiger partial charge in [0.05, 0.1) is 14.2 Å². The molecule has 0 aliphatic carbocycles. The molecular formula is C24H30N2O3.